The third-order valence-corrected chi connectivity index (χ3v) is 5.10. The number of rotatable bonds is 9. The highest BCUT2D eigenvalue weighted by Crippen LogP contribution is 2.35. The zero-order valence-corrected chi connectivity index (χ0v) is 18.1. The van der Waals surface area contributed by atoms with Crippen LogP contribution in [0.5, 0.6) is 11.5 Å². The number of ether oxygens (including phenoxy) is 2. The third-order valence-electron chi connectivity index (χ3n) is 4.44. The van der Waals surface area contributed by atoms with Crippen LogP contribution in [0.3, 0.4) is 0 Å². The molecule has 162 valence electrons. The summed E-state index contributed by atoms with van der Waals surface area (Å²) in [7, 11) is 0. The molecule has 0 spiro atoms. The molecule has 0 fully saturated rings. The summed E-state index contributed by atoms with van der Waals surface area (Å²) in [5.41, 5.74) is 1.83. The van der Waals surface area contributed by atoms with Gasteiger partial charge in [0, 0.05) is 28.9 Å². The summed E-state index contributed by atoms with van der Waals surface area (Å²) in [5, 5.41) is 12.8. The Bertz CT molecular complexity index is 1090. The number of carbonyl (C=O) groups is 1. The van der Waals surface area contributed by atoms with Crippen LogP contribution in [0.25, 0.3) is 0 Å². The first-order valence-electron chi connectivity index (χ1n) is 9.47. The maximum absolute atomic E-state index is 13.9. The summed E-state index contributed by atoms with van der Waals surface area (Å²) in [4.78, 5) is 11.1. The average Bonchev–Trinajstić information content (AvgIpc) is 2.73. The number of nitrogens with one attached hydrogen (secondary N) is 1. The van der Waals surface area contributed by atoms with Crippen molar-refractivity contribution in [3.63, 3.8) is 0 Å². The van der Waals surface area contributed by atoms with Crippen molar-refractivity contribution in [3.8, 4) is 11.5 Å². The van der Waals surface area contributed by atoms with Crippen LogP contribution in [0.15, 0.2) is 54.6 Å². The van der Waals surface area contributed by atoms with Gasteiger partial charge in [0.25, 0.3) is 0 Å². The van der Waals surface area contributed by atoms with E-state index in [1.54, 1.807) is 36.4 Å². The molecule has 0 aliphatic carbocycles. The van der Waals surface area contributed by atoms with Gasteiger partial charge in [0.1, 0.15) is 12.4 Å². The zero-order valence-electron chi connectivity index (χ0n) is 16.6. The monoisotopic (exact) mass is 463 g/mol. The number of carboxylic acid groups (broad SMARTS) is 1. The number of anilines is 1. The van der Waals surface area contributed by atoms with Gasteiger partial charge in [0.15, 0.2) is 11.5 Å². The fourth-order valence-corrected chi connectivity index (χ4v) is 3.34. The van der Waals surface area contributed by atoms with E-state index in [4.69, 9.17) is 37.8 Å². The lowest BCUT2D eigenvalue weighted by Crippen LogP contribution is -2.05. The van der Waals surface area contributed by atoms with Gasteiger partial charge in [-0.3, -0.25) is 0 Å². The third kappa shape index (κ3) is 5.81. The Labute approximate surface area is 189 Å². The number of halogens is 3. The quantitative estimate of drug-likeness (QED) is 0.383. The summed E-state index contributed by atoms with van der Waals surface area (Å²) in [6.45, 7) is 2.64. The summed E-state index contributed by atoms with van der Waals surface area (Å²) in [6.07, 6.45) is 0. The Hall–Kier alpha value is -2.96. The topological polar surface area (TPSA) is 67.8 Å². The van der Waals surface area contributed by atoms with Gasteiger partial charge in [-0.05, 0) is 42.8 Å². The summed E-state index contributed by atoms with van der Waals surface area (Å²) >= 11 is 12.4. The molecule has 0 aromatic heterocycles. The molecule has 3 aromatic carbocycles. The van der Waals surface area contributed by atoms with Gasteiger partial charge in [-0.25, -0.2) is 9.18 Å². The standard InChI is InChI=1S/C23H20Cl2FNO4/c1-2-30-21-9-15(12-27-16-7-8-17(23(28)29)19(25)10-16)18(24)11-22(21)31-13-14-5-3-4-6-20(14)26/h3-11,27H,2,12-13H2,1H3,(H,28,29). The largest absolute Gasteiger partial charge is 0.490 e. The summed E-state index contributed by atoms with van der Waals surface area (Å²) in [6, 6.07) is 14.4. The molecular formula is C23H20Cl2FNO4. The predicted octanol–water partition coefficient (Wildman–Crippen LogP) is 6.42. The van der Waals surface area contributed by atoms with Gasteiger partial charge in [-0.1, -0.05) is 41.4 Å². The van der Waals surface area contributed by atoms with Crippen molar-refractivity contribution >= 4 is 34.9 Å². The average molecular weight is 464 g/mol. The van der Waals surface area contributed by atoms with Crippen LogP contribution >= 0.6 is 23.2 Å². The molecule has 0 heterocycles. The maximum atomic E-state index is 13.9. The second kappa shape index (κ2) is 10.4. The molecule has 3 aromatic rings. The van der Waals surface area contributed by atoms with E-state index in [-0.39, 0.29) is 23.0 Å². The highest BCUT2D eigenvalue weighted by Gasteiger charge is 2.13. The van der Waals surface area contributed by atoms with Crippen molar-refractivity contribution in [2.75, 3.05) is 11.9 Å². The number of carboxylic acids is 1. The molecule has 0 unspecified atom stereocenters. The molecule has 0 saturated heterocycles. The Morgan fingerprint density at radius 3 is 2.42 bits per heavy atom. The van der Waals surface area contributed by atoms with Crippen LogP contribution in [0.4, 0.5) is 10.1 Å². The molecule has 0 radical (unpaired) electrons. The minimum atomic E-state index is -1.09. The van der Waals surface area contributed by atoms with E-state index in [1.807, 2.05) is 6.92 Å². The Balaban J connectivity index is 1.75. The summed E-state index contributed by atoms with van der Waals surface area (Å²) in [5.74, 6) is -0.543. The molecule has 0 aliphatic heterocycles. The van der Waals surface area contributed by atoms with Gasteiger partial charge in [-0.2, -0.15) is 0 Å². The second-order valence-electron chi connectivity index (χ2n) is 6.56. The van der Waals surface area contributed by atoms with Crippen molar-refractivity contribution < 1.29 is 23.8 Å². The molecular weight excluding hydrogens is 444 g/mol. The fourth-order valence-electron chi connectivity index (χ4n) is 2.86. The van der Waals surface area contributed by atoms with Crippen molar-refractivity contribution in [3.05, 3.63) is 87.2 Å². The Kier molecular flexibility index (Phi) is 7.60. The van der Waals surface area contributed by atoms with E-state index in [1.165, 1.54) is 18.2 Å². The molecule has 0 amide bonds. The van der Waals surface area contributed by atoms with Gasteiger partial charge in [0.2, 0.25) is 0 Å². The van der Waals surface area contributed by atoms with E-state index in [0.29, 0.717) is 40.9 Å². The van der Waals surface area contributed by atoms with Crippen LogP contribution in [0, 0.1) is 5.82 Å². The zero-order chi connectivity index (χ0) is 22.4. The SMILES string of the molecule is CCOc1cc(CNc2ccc(C(=O)O)c(Cl)c2)c(Cl)cc1OCc1ccccc1F. The molecule has 5 nitrogen and oxygen atoms in total. The van der Waals surface area contributed by atoms with Crippen molar-refractivity contribution in [2.45, 2.75) is 20.1 Å². The lowest BCUT2D eigenvalue weighted by atomic mass is 10.1. The predicted molar refractivity (Wildman–Crippen MR) is 119 cm³/mol. The molecule has 0 atom stereocenters. The highest BCUT2D eigenvalue weighted by molar-refractivity contribution is 6.33. The van der Waals surface area contributed by atoms with Crippen molar-refractivity contribution in [1.82, 2.24) is 0 Å². The van der Waals surface area contributed by atoms with Crippen molar-refractivity contribution in [2.24, 2.45) is 0 Å². The number of hydrogen-bond donors (Lipinski definition) is 2. The van der Waals surface area contributed by atoms with Gasteiger partial charge >= 0.3 is 5.97 Å². The molecule has 3 rings (SSSR count). The van der Waals surface area contributed by atoms with E-state index >= 15 is 0 Å². The number of hydrogen-bond acceptors (Lipinski definition) is 4. The Morgan fingerprint density at radius 1 is 1.00 bits per heavy atom. The van der Waals surface area contributed by atoms with E-state index in [2.05, 4.69) is 5.32 Å². The minimum absolute atomic E-state index is 0.0280. The first-order chi connectivity index (χ1) is 14.9. The summed E-state index contributed by atoms with van der Waals surface area (Å²) < 4.78 is 25.3. The van der Waals surface area contributed by atoms with Crippen LogP contribution in [-0.2, 0) is 13.2 Å². The lowest BCUT2D eigenvalue weighted by Gasteiger charge is -2.16. The van der Waals surface area contributed by atoms with E-state index in [0.717, 1.165) is 5.56 Å². The normalized spacial score (nSPS) is 10.6. The molecule has 8 heteroatoms. The lowest BCUT2D eigenvalue weighted by molar-refractivity contribution is 0.0697. The van der Waals surface area contributed by atoms with Crippen LogP contribution in [0.1, 0.15) is 28.4 Å². The molecule has 0 bridgehead atoms. The second-order valence-corrected chi connectivity index (χ2v) is 7.37. The van der Waals surface area contributed by atoms with Gasteiger partial charge in [0.05, 0.1) is 17.2 Å². The molecule has 0 saturated carbocycles. The first-order valence-corrected chi connectivity index (χ1v) is 10.2. The highest BCUT2D eigenvalue weighted by atomic mass is 35.5. The first kappa shape index (κ1) is 22.7. The number of aromatic carboxylic acids is 1. The fraction of sp³-hybridized carbons (Fsp3) is 0.174. The van der Waals surface area contributed by atoms with Crippen LogP contribution in [0.2, 0.25) is 10.0 Å². The van der Waals surface area contributed by atoms with E-state index in [9.17, 15) is 9.18 Å². The van der Waals surface area contributed by atoms with Gasteiger partial charge < -0.3 is 19.9 Å². The molecule has 0 aliphatic rings. The van der Waals surface area contributed by atoms with Crippen LogP contribution < -0.4 is 14.8 Å². The van der Waals surface area contributed by atoms with Crippen molar-refractivity contribution in [1.29, 1.82) is 0 Å². The molecule has 2 N–H and O–H groups in total. The smallest absolute Gasteiger partial charge is 0.337 e. The van der Waals surface area contributed by atoms with Crippen LogP contribution in [-0.4, -0.2) is 17.7 Å². The van der Waals surface area contributed by atoms with E-state index < -0.39 is 5.97 Å². The van der Waals surface area contributed by atoms with Gasteiger partial charge in [-0.15, -0.1) is 0 Å². The molecule has 31 heavy (non-hydrogen) atoms. The minimum Gasteiger partial charge on any atom is -0.490 e. The Morgan fingerprint density at radius 2 is 1.74 bits per heavy atom. The number of benzene rings is 3. The maximum Gasteiger partial charge on any atom is 0.337 e.